The molecule has 0 fully saturated rings. The largest absolute Gasteiger partial charge is 0.490 e. The highest BCUT2D eigenvalue weighted by atomic mass is 79.9. The number of rotatable bonds is 7. The molecule has 1 rings (SSSR count). The van der Waals surface area contributed by atoms with Gasteiger partial charge in [-0.25, -0.2) is 0 Å². The summed E-state index contributed by atoms with van der Waals surface area (Å²) in [6, 6.07) is 4.98. The predicted octanol–water partition coefficient (Wildman–Crippen LogP) is 1.46. The lowest BCUT2D eigenvalue weighted by Gasteiger charge is -2.12. The van der Waals surface area contributed by atoms with E-state index in [2.05, 4.69) is 26.6 Å². The van der Waals surface area contributed by atoms with Gasteiger partial charge in [0.05, 0.1) is 17.2 Å². The molecular formula is C14H19BrN2O4S. The van der Waals surface area contributed by atoms with Crippen molar-refractivity contribution in [1.29, 1.82) is 0 Å². The summed E-state index contributed by atoms with van der Waals surface area (Å²) in [5, 5.41) is 14.6. The Morgan fingerprint density at radius 1 is 1.45 bits per heavy atom. The van der Waals surface area contributed by atoms with Gasteiger partial charge in [-0.3, -0.25) is 10.1 Å². The van der Waals surface area contributed by atoms with Gasteiger partial charge in [0.15, 0.2) is 5.11 Å². The van der Waals surface area contributed by atoms with Crippen molar-refractivity contribution < 1.29 is 19.4 Å². The molecular weight excluding hydrogens is 372 g/mol. The Labute approximate surface area is 143 Å². The third-order valence-electron chi connectivity index (χ3n) is 2.52. The third kappa shape index (κ3) is 6.69. The fourth-order valence-corrected chi connectivity index (χ4v) is 2.12. The summed E-state index contributed by atoms with van der Waals surface area (Å²) in [4.78, 5) is 12.0. The van der Waals surface area contributed by atoms with Crippen molar-refractivity contribution in [1.82, 2.24) is 10.6 Å². The smallest absolute Gasteiger partial charge is 0.257 e. The molecule has 0 saturated carbocycles. The van der Waals surface area contributed by atoms with E-state index in [1.807, 2.05) is 0 Å². The van der Waals surface area contributed by atoms with Crippen molar-refractivity contribution in [2.75, 3.05) is 26.9 Å². The SMILES string of the molecule is COCCOc1ccc(C(=O)NC(=S)NCC(C)O)cc1Br. The van der Waals surface area contributed by atoms with Crippen LogP contribution in [-0.2, 0) is 4.74 Å². The van der Waals surface area contributed by atoms with Crippen LogP contribution in [0.2, 0.25) is 0 Å². The van der Waals surface area contributed by atoms with Crippen LogP contribution in [-0.4, -0.2) is 49.1 Å². The number of aliphatic hydroxyl groups is 1. The van der Waals surface area contributed by atoms with Gasteiger partial charge in [-0.15, -0.1) is 0 Å². The lowest BCUT2D eigenvalue weighted by atomic mass is 10.2. The first kappa shape index (κ1) is 18.8. The van der Waals surface area contributed by atoms with Crippen LogP contribution in [0.4, 0.5) is 0 Å². The topological polar surface area (TPSA) is 79.8 Å². The predicted molar refractivity (Wildman–Crippen MR) is 91.3 cm³/mol. The van der Waals surface area contributed by atoms with Crippen LogP contribution in [0.25, 0.3) is 0 Å². The minimum Gasteiger partial charge on any atom is -0.490 e. The molecule has 8 heteroatoms. The van der Waals surface area contributed by atoms with Crippen LogP contribution >= 0.6 is 28.1 Å². The number of hydrogen-bond acceptors (Lipinski definition) is 5. The van der Waals surface area contributed by atoms with Gasteiger partial charge in [0.1, 0.15) is 12.4 Å². The molecule has 0 bridgehead atoms. The molecule has 0 aliphatic rings. The number of amides is 1. The van der Waals surface area contributed by atoms with E-state index in [4.69, 9.17) is 26.8 Å². The summed E-state index contributed by atoms with van der Waals surface area (Å²) in [6.07, 6.45) is -0.549. The number of methoxy groups -OCH3 is 1. The van der Waals surface area contributed by atoms with Crippen molar-refractivity contribution in [3.05, 3.63) is 28.2 Å². The number of aliphatic hydroxyl groups excluding tert-OH is 1. The van der Waals surface area contributed by atoms with Crippen LogP contribution in [0.15, 0.2) is 22.7 Å². The first-order chi connectivity index (χ1) is 10.4. The zero-order valence-corrected chi connectivity index (χ0v) is 14.8. The molecule has 0 aliphatic heterocycles. The van der Waals surface area contributed by atoms with E-state index in [-0.39, 0.29) is 17.6 Å². The molecule has 0 saturated heterocycles. The van der Waals surface area contributed by atoms with Crippen molar-refractivity contribution in [3.63, 3.8) is 0 Å². The molecule has 1 aromatic carbocycles. The first-order valence-electron chi connectivity index (χ1n) is 6.62. The highest BCUT2D eigenvalue weighted by Crippen LogP contribution is 2.25. The van der Waals surface area contributed by atoms with E-state index in [1.54, 1.807) is 32.2 Å². The molecule has 0 aliphatic carbocycles. The number of carbonyl (C=O) groups excluding carboxylic acids is 1. The average Bonchev–Trinajstić information content (AvgIpc) is 2.47. The second-order valence-corrected chi connectivity index (χ2v) is 5.76. The highest BCUT2D eigenvalue weighted by molar-refractivity contribution is 9.10. The zero-order valence-electron chi connectivity index (χ0n) is 12.4. The van der Waals surface area contributed by atoms with E-state index in [9.17, 15) is 4.79 Å². The fraction of sp³-hybridized carbons (Fsp3) is 0.429. The number of hydrogen-bond donors (Lipinski definition) is 3. The van der Waals surface area contributed by atoms with Gasteiger partial charge in [-0.05, 0) is 53.3 Å². The Morgan fingerprint density at radius 3 is 2.77 bits per heavy atom. The Hall–Kier alpha value is -1.22. The normalized spacial score (nSPS) is 11.6. The quantitative estimate of drug-likeness (QED) is 0.483. The molecule has 122 valence electrons. The van der Waals surface area contributed by atoms with Gasteiger partial charge >= 0.3 is 0 Å². The van der Waals surface area contributed by atoms with Crippen LogP contribution < -0.4 is 15.4 Å². The number of carbonyl (C=O) groups is 1. The highest BCUT2D eigenvalue weighted by Gasteiger charge is 2.11. The molecule has 3 N–H and O–H groups in total. The van der Waals surface area contributed by atoms with Crippen molar-refractivity contribution in [3.8, 4) is 5.75 Å². The molecule has 0 heterocycles. The maximum Gasteiger partial charge on any atom is 0.257 e. The van der Waals surface area contributed by atoms with Gasteiger partial charge in [0.2, 0.25) is 0 Å². The maximum atomic E-state index is 12.0. The molecule has 1 amide bonds. The summed E-state index contributed by atoms with van der Waals surface area (Å²) in [5.74, 6) is 0.288. The van der Waals surface area contributed by atoms with Gasteiger partial charge in [-0.1, -0.05) is 0 Å². The minimum absolute atomic E-state index is 0.169. The van der Waals surface area contributed by atoms with Crippen LogP contribution in [0.1, 0.15) is 17.3 Å². The van der Waals surface area contributed by atoms with Crippen molar-refractivity contribution in [2.24, 2.45) is 0 Å². The Bertz CT molecular complexity index is 526. The number of thiocarbonyl (C=S) groups is 1. The second-order valence-electron chi connectivity index (χ2n) is 4.50. The van der Waals surface area contributed by atoms with E-state index < -0.39 is 6.10 Å². The Morgan fingerprint density at radius 2 is 2.18 bits per heavy atom. The third-order valence-corrected chi connectivity index (χ3v) is 3.39. The van der Waals surface area contributed by atoms with Crippen LogP contribution in [0.3, 0.4) is 0 Å². The standard InChI is InChI=1S/C14H19BrN2O4S/c1-9(18)8-16-14(22)17-13(19)10-3-4-12(11(15)7-10)21-6-5-20-2/h3-4,7,9,18H,5-6,8H2,1-2H3,(H2,16,17,19,22). The minimum atomic E-state index is -0.549. The van der Waals surface area contributed by atoms with Crippen LogP contribution in [0.5, 0.6) is 5.75 Å². The second kappa shape index (κ2) is 9.73. The van der Waals surface area contributed by atoms with Crippen molar-refractivity contribution >= 4 is 39.2 Å². The van der Waals surface area contributed by atoms with Crippen molar-refractivity contribution in [2.45, 2.75) is 13.0 Å². The Kier molecular flexibility index (Phi) is 8.32. The molecule has 1 unspecified atom stereocenters. The first-order valence-corrected chi connectivity index (χ1v) is 7.82. The van der Waals surface area contributed by atoms with E-state index in [1.165, 1.54) is 0 Å². The molecule has 0 radical (unpaired) electrons. The number of benzene rings is 1. The number of ether oxygens (including phenoxy) is 2. The molecule has 22 heavy (non-hydrogen) atoms. The van der Waals surface area contributed by atoms with E-state index >= 15 is 0 Å². The summed E-state index contributed by atoms with van der Waals surface area (Å²) in [5.41, 5.74) is 0.437. The van der Waals surface area contributed by atoms with E-state index in [0.717, 1.165) is 0 Å². The fourth-order valence-electron chi connectivity index (χ4n) is 1.45. The summed E-state index contributed by atoms with van der Waals surface area (Å²) < 4.78 is 11.1. The average molecular weight is 391 g/mol. The summed E-state index contributed by atoms with van der Waals surface area (Å²) >= 11 is 8.33. The molecule has 1 aromatic rings. The molecule has 6 nitrogen and oxygen atoms in total. The lowest BCUT2D eigenvalue weighted by molar-refractivity contribution is 0.0975. The van der Waals surface area contributed by atoms with Gasteiger partial charge in [-0.2, -0.15) is 0 Å². The van der Waals surface area contributed by atoms with E-state index in [0.29, 0.717) is 29.0 Å². The summed E-state index contributed by atoms with van der Waals surface area (Å²) in [7, 11) is 1.60. The molecule has 1 atom stereocenters. The zero-order chi connectivity index (χ0) is 16.5. The number of nitrogens with one attached hydrogen (secondary N) is 2. The summed E-state index contributed by atoms with van der Waals surface area (Å²) in [6.45, 7) is 2.80. The lowest BCUT2D eigenvalue weighted by Crippen LogP contribution is -2.41. The van der Waals surface area contributed by atoms with Crippen LogP contribution in [0, 0.1) is 0 Å². The molecule has 0 spiro atoms. The van der Waals surface area contributed by atoms with Gasteiger partial charge in [0.25, 0.3) is 5.91 Å². The monoisotopic (exact) mass is 390 g/mol. The van der Waals surface area contributed by atoms with Gasteiger partial charge in [0, 0.05) is 19.2 Å². The number of halogens is 1. The maximum absolute atomic E-state index is 12.0. The van der Waals surface area contributed by atoms with Gasteiger partial charge < -0.3 is 19.9 Å². The molecule has 0 aromatic heterocycles. The Balaban J connectivity index is 2.59.